The number of nitrogens with one attached hydrogen (secondary N) is 1. The maximum Gasteiger partial charge on any atom is 0.228 e. The molecule has 25 heavy (non-hydrogen) atoms. The van der Waals surface area contributed by atoms with Gasteiger partial charge in [-0.1, -0.05) is 32.0 Å². The minimum Gasteiger partial charge on any atom is -0.357 e. The van der Waals surface area contributed by atoms with E-state index in [4.69, 9.17) is 0 Å². The molecular weight excluding hydrogens is 314 g/mol. The first-order chi connectivity index (χ1) is 12.0. The lowest BCUT2D eigenvalue weighted by Crippen LogP contribution is -2.40. The molecule has 1 N–H and O–H groups in total. The molecule has 0 spiro atoms. The Kier molecular flexibility index (Phi) is 4.02. The van der Waals surface area contributed by atoms with Crippen molar-refractivity contribution in [3.8, 4) is 0 Å². The lowest BCUT2D eigenvalue weighted by Gasteiger charge is -2.29. The second kappa shape index (κ2) is 6.21. The molecule has 2 amide bonds. The fourth-order valence-corrected chi connectivity index (χ4v) is 4.19. The summed E-state index contributed by atoms with van der Waals surface area (Å²) in [7, 11) is 0. The number of benzene rings is 1. The number of rotatable bonds is 3. The molecule has 2 aliphatic rings. The largest absolute Gasteiger partial charge is 0.357 e. The third-order valence-corrected chi connectivity index (χ3v) is 5.34. The van der Waals surface area contributed by atoms with Gasteiger partial charge in [0.15, 0.2) is 0 Å². The smallest absolute Gasteiger partial charge is 0.228 e. The monoisotopic (exact) mass is 339 g/mol. The lowest BCUT2D eigenvalue weighted by atomic mass is 10.0. The van der Waals surface area contributed by atoms with E-state index in [0.29, 0.717) is 25.4 Å². The third kappa shape index (κ3) is 2.92. The van der Waals surface area contributed by atoms with E-state index < -0.39 is 0 Å². The highest BCUT2D eigenvalue weighted by Crippen LogP contribution is 2.29. The molecule has 5 nitrogen and oxygen atoms in total. The van der Waals surface area contributed by atoms with Gasteiger partial charge in [-0.15, -0.1) is 0 Å². The van der Waals surface area contributed by atoms with E-state index in [-0.39, 0.29) is 17.7 Å². The molecule has 0 unspecified atom stereocenters. The number of carbonyl (C=O) groups excluding carboxylic acids is 2. The summed E-state index contributed by atoms with van der Waals surface area (Å²) < 4.78 is 0. The fourth-order valence-electron chi connectivity index (χ4n) is 4.19. The van der Waals surface area contributed by atoms with E-state index in [1.165, 1.54) is 10.9 Å². The van der Waals surface area contributed by atoms with Crippen molar-refractivity contribution in [3.05, 3.63) is 35.5 Å². The average Bonchev–Trinajstić information content (AvgIpc) is 3.13. The summed E-state index contributed by atoms with van der Waals surface area (Å²) in [5.41, 5.74) is 3.62. The van der Waals surface area contributed by atoms with Gasteiger partial charge in [-0.05, 0) is 24.0 Å². The number of H-pyrrole nitrogens is 1. The normalized spacial score (nSPS) is 20.6. The van der Waals surface area contributed by atoms with E-state index >= 15 is 0 Å². The quantitative estimate of drug-likeness (QED) is 0.934. The van der Waals surface area contributed by atoms with Gasteiger partial charge in [0.05, 0.1) is 12.5 Å². The van der Waals surface area contributed by atoms with Crippen LogP contribution in [0.5, 0.6) is 0 Å². The van der Waals surface area contributed by atoms with Crippen LogP contribution in [0.4, 0.5) is 0 Å². The van der Waals surface area contributed by atoms with E-state index in [9.17, 15) is 9.59 Å². The van der Waals surface area contributed by atoms with Crippen molar-refractivity contribution in [1.82, 2.24) is 14.8 Å². The van der Waals surface area contributed by atoms with Gasteiger partial charge in [0.1, 0.15) is 0 Å². The summed E-state index contributed by atoms with van der Waals surface area (Å²) >= 11 is 0. The Morgan fingerprint density at radius 1 is 1.32 bits per heavy atom. The molecule has 0 bridgehead atoms. The second-order valence-electron chi connectivity index (χ2n) is 7.73. The Labute approximate surface area is 148 Å². The van der Waals surface area contributed by atoms with Crippen LogP contribution in [0.25, 0.3) is 10.9 Å². The van der Waals surface area contributed by atoms with E-state index in [1.807, 2.05) is 15.9 Å². The molecule has 1 atom stereocenters. The highest BCUT2D eigenvalue weighted by atomic mass is 16.2. The summed E-state index contributed by atoms with van der Waals surface area (Å²) in [6.07, 6.45) is 1.24. The van der Waals surface area contributed by atoms with E-state index in [0.717, 1.165) is 30.7 Å². The average molecular weight is 339 g/mol. The van der Waals surface area contributed by atoms with Crippen LogP contribution < -0.4 is 0 Å². The van der Waals surface area contributed by atoms with Crippen LogP contribution in [0.3, 0.4) is 0 Å². The Bertz CT molecular complexity index is 823. The lowest BCUT2D eigenvalue weighted by molar-refractivity contribution is -0.136. The highest BCUT2D eigenvalue weighted by Gasteiger charge is 2.37. The molecule has 4 rings (SSSR count). The first-order valence-electron chi connectivity index (χ1n) is 9.18. The number of likely N-dealkylation sites (tertiary alicyclic amines) is 1. The van der Waals surface area contributed by atoms with Crippen molar-refractivity contribution < 1.29 is 9.59 Å². The number of carbonyl (C=O) groups is 2. The zero-order valence-corrected chi connectivity index (χ0v) is 14.9. The van der Waals surface area contributed by atoms with Gasteiger partial charge in [0.25, 0.3) is 0 Å². The molecular formula is C20H25N3O2. The van der Waals surface area contributed by atoms with Crippen LogP contribution in [0.2, 0.25) is 0 Å². The number of nitrogens with zero attached hydrogens (tertiary/aromatic N) is 2. The number of aromatic amines is 1. The summed E-state index contributed by atoms with van der Waals surface area (Å²) in [6.45, 7) is 6.88. The first-order valence-corrected chi connectivity index (χ1v) is 9.18. The molecule has 1 fully saturated rings. The molecule has 1 aromatic carbocycles. The fraction of sp³-hybridized carbons (Fsp3) is 0.500. The van der Waals surface area contributed by atoms with Crippen molar-refractivity contribution in [1.29, 1.82) is 0 Å². The predicted molar refractivity (Wildman–Crippen MR) is 96.9 cm³/mol. The van der Waals surface area contributed by atoms with Crippen LogP contribution in [0.15, 0.2) is 24.3 Å². The van der Waals surface area contributed by atoms with Crippen LogP contribution in [0.1, 0.15) is 31.5 Å². The zero-order chi connectivity index (χ0) is 17.6. The third-order valence-electron chi connectivity index (χ3n) is 5.34. The topological polar surface area (TPSA) is 56.4 Å². The van der Waals surface area contributed by atoms with Crippen molar-refractivity contribution in [3.63, 3.8) is 0 Å². The number of fused-ring (bicyclic) bond motifs is 3. The number of para-hydroxylation sites is 1. The Hall–Kier alpha value is -2.30. The van der Waals surface area contributed by atoms with Gasteiger partial charge in [-0.3, -0.25) is 9.59 Å². The van der Waals surface area contributed by atoms with Gasteiger partial charge < -0.3 is 14.8 Å². The summed E-state index contributed by atoms with van der Waals surface area (Å²) in [4.78, 5) is 32.3. The number of amides is 2. The minimum absolute atomic E-state index is 0.121. The number of aromatic nitrogens is 1. The molecule has 0 saturated carbocycles. The standard InChI is InChI=1S/C20H25N3O2/c1-13(2)10-23-11-14(9-19(23)24)20(25)22-8-7-16-15-5-3-4-6-17(15)21-18(16)12-22/h3-6,13-14,21H,7-12H2,1-2H3/t14-/m1/s1. The van der Waals surface area contributed by atoms with Gasteiger partial charge in [-0.25, -0.2) is 0 Å². The minimum atomic E-state index is -0.183. The molecule has 0 radical (unpaired) electrons. The molecule has 1 aromatic heterocycles. The van der Waals surface area contributed by atoms with Gasteiger partial charge in [0, 0.05) is 42.7 Å². The van der Waals surface area contributed by atoms with E-state index in [1.54, 1.807) is 0 Å². The predicted octanol–water partition coefficient (Wildman–Crippen LogP) is 2.56. The van der Waals surface area contributed by atoms with Crippen molar-refractivity contribution in [2.45, 2.75) is 33.2 Å². The van der Waals surface area contributed by atoms with Crippen LogP contribution in [-0.2, 0) is 22.6 Å². The van der Waals surface area contributed by atoms with Gasteiger partial charge in [-0.2, -0.15) is 0 Å². The van der Waals surface area contributed by atoms with Crippen LogP contribution >= 0.6 is 0 Å². The maximum atomic E-state index is 12.9. The van der Waals surface area contributed by atoms with Gasteiger partial charge in [0.2, 0.25) is 11.8 Å². The van der Waals surface area contributed by atoms with Crippen molar-refractivity contribution in [2.75, 3.05) is 19.6 Å². The Morgan fingerprint density at radius 3 is 2.92 bits per heavy atom. The molecule has 132 valence electrons. The summed E-state index contributed by atoms with van der Waals surface area (Å²) in [5.74, 6) is 0.498. The summed E-state index contributed by atoms with van der Waals surface area (Å²) in [6, 6.07) is 8.31. The molecule has 2 aliphatic heterocycles. The molecule has 5 heteroatoms. The molecule has 3 heterocycles. The highest BCUT2D eigenvalue weighted by molar-refractivity contribution is 5.90. The maximum absolute atomic E-state index is 12.9. The second-order valence-corrected chi connectivity index (χ2v) is 7.73. The SMILES string of the molecule is CC(C)CN1C[C@H](C(=O)N2CCc3c([nH]c4ccccc34)C2)CC1=O. The van der Waals surface area contributed by atoms with Crippen LogP contribution in [-0.4, -0.2) is 46.2 Å². The zero-order valence-electron chi connectivity index (χ0n) is 14.9. The first kappa shape index (κ1) is 16.2. The van der Waals surface area contributed by atoms with Gasteiger partial charge >= 0.3 is 0 Å². The van der Waals surface area contributed by atoms with Crippen molar-refractivity contribution >= 4 is 22.7 Å². The molecule has 2 aromatic rings. The molecule has 1 saturated heterocycles. The Balaban J connectivity index is 1.48. The van der Waals surface area contributed by atoms with E-state index in [2.05, 4.69) is 37.0 Å². The molecule has 0 aliphatic carbocycles. The number of hydrogen-bond donors (Lipinski definition) is 1. The number of hydrogen-bond acceptors (Lipinski definition) is 2. The Morgan fingerprint density at radius 2 is 2.12 bits per heavy atom. The summed E-state index contributed by atoms with van der Waals surface area (Å²) in [5, 5.41) is 1.27. The van der Waals surface area contributed by atoms with Crippen LogP contribution in [0, 0.1) is 11.8 Å². The van der Waals surface area contributed by atoms with Crippen molar-refractivity contribution in [2.24, 2.45) is 11.8 Å².